The number of hydrogen-bond donors (Lipinski definition) is 2. The molecule has 0 aliphatic carbocycles. The minimum atomic E-state index is -0.708. The highest BCUT2D eigenvalue weighted by Gasteiger charge is 2.23. The van der Waals surface area contributed by atoms with Crippen molar-refractivity contribution < 1.29 is 9.59 Å². The Labute approximate surface area is 199 Å². The Morgan fingerprint density at radius 2 is 1.44 bits per heavy atom. The molecule has 4 rings (SSSR count). The summed E-state index contributed by atoms with van der Waals surface area (Å²) in [6.45, 7) is 4.26. The van der Waals surface area contributed by atoms with Crippen molar-refractivity contribution >= 4 is 11.8 Å². The summed E-state index contributed by atoms with van der Waals surface area (Å²) in [6.07, 6.45) is 0.395. The van der Waals surface area contributed by atoms with E-state index in [2.05, 4.69) is 15.7 Å². The van der Waals surface area contributed by atoms with Gasteiger partial charge in [0.25, 0.3) is 5.91 Å². The average molecular weight is 453 g/mol. The molecule has 1 heterocycles. The van der Waals surface area contributed by atoms with Crippen molar-refractivity contribution in [3.05, 3.63) is 119 Å². The van der Waals surface area contributed by atoms with E-state index in [0.717, 1.165) is 28.2 Å². The van der Waals surface area contributed by atoms with Crippen LogP contribution in [0.3, 0.4) is 0 Å². The molecule has 0 aliphatic rings. The third-order valence-corrected chi connectivity index (χ3v) is 5.82. The maximum Gasteiger partial charge on any atom is 0.251 e. The first-order chi connectivity index (χ1) is 16.5. The number of hydrogen-bond acceptors (Lipinski definition) is 3. The highest BCUT2D eigenvalue weighted by Crippen LogP contribution is 2.18. The van der Waals surface area contributed by atoms with Crippen LogP contribution in [-0.2, 0) is 17.8 Å². The van der Waals surface area contributed by atoms with E-state index in [1.807, 2.05) is 85.3 Å². The Bertz CT molecular complexity index is 1250. The number of benzene rings is 3. The van der Waals surface area contributed by atoms with Gasteiger partial charge in [-0.1, -0.05) is 66.7 Å². The van der Waals surface area contributed by atoms with Crippen molar-refractivity contribution in [1.82, 2.24) is 20.4 Å². The third kappa shape index (κ3) is 5.41. The van der Waals surface area contributed by atoms with Gasteiger partial charge in [0.2, 0.25) is 5.91 Å². The summed E-state index contributed by atoms with van der Waals surface area (Å²) >= 11 is 0. The number of para-hydroxylation sites is 1. The average Bonchev–Trinajstić information content (AvgIpc) is 3.16. The van der Waals surface area contributed by atoms with Crippen LogP contribution in [0, 0.1) is 13.8 Å². The molecule has 1 aromatic heterocycles. The van der Waals surface area contributed by atoms with Gasteiger partial charge in [-0.15, -0.1) is 0 Å². The fourth-order valence-electron chi connectivity index (χ4n) is 3.94. The van der Waals surface area contributed by atoms with Crippen LogP contribution < -0.4 is 10.6 Å². The molecule has 0 spiro atoms. The molecule has 0 radical (unpaired) electrons. The maximum absolute atomic E-state index is 13.2. The lowest BCUT2D eigenvalue weighted by Gasteiger charge is -2.19. The number of carbonyl (C=O) groups is 2. The number of nitrogens with zero attached hydrogens (tertiary/aromatic N) is 2. The van der Waals surface area contributed by atoms with Gasteiger partial charge in [-0.25, -0.2) is 4.68 Å². The second-order valence-electron chi connectivity index (χ2n) is 8.20. The van der Waals surface area contributed by atoms with Gasteiger partial charge in [-0.05, 0) is 43.7 Å². The van der Waals surface area contributed by atoms with E-state index in [0.29, 0.717) is 18.5 Å². The highest BCUT2D eigenvalue weighted by molar-refractivity contribution is 5.97. The summed E-state index contributed by atoms with van der Waals surface area (Å²) in [6, 6.07) is 27.8. The van der Waals surface area contributed by atoms with Crippen LogP contribution >= 0.6 is 0 Å². The van der Waals surface area contributed by atoms with E-state index in [1.54, 1.807) is 24.3 Å². The lowest BCUT2D eigenvalue weighted by molar-refractivity contribution is -0.123. The molecule has 0 saturated carbocycles. The minimum Gasteiger partial charge on any atom is -0.350 e. The first kappa shape index (κ1) is 23.0. The predicted octanol–water partition coefficient (Wildman–Crippen LogP) is 4.15. The van der Waals surface area contributed by atoms with E-state index in [4.69, 9.17) is 0 Å². The van der Waals surface area contributed by atoms with E-state index in [-0.39, 0.29) is 11.8 Å². The summed E-state index contributed by atoms with van der Waals surface area (Å²) in [5, 5.41) is 10.6. The van der Waals surface area contributed by atoms with Crippen molar-refractivity contribution in [3.8, 4) is 5.69 Å². The molecule has 1 atom stereocenters. The Kier molecular flexibility index (Phi) is 7.18. The lowest BCUT2D eigenvalue weighted by atomic mass is 10.0. The molecule has 2 N–H and O–H groups in total. The molecular weight excluding hydrogens is 424 g/mol. The Morgan fingerprint density at radius 3 is 2.09 bits per heavy atom. The molecule has 4 aromatic rings. The van der Waals surface area contributed by atoms with Gasteiger partial charge >= 0.3 is 0 Å². The molecule has 0 bridgehead atoms. The third-order valence-electron chi connectivity index (χ3n) is 5.82. The van der Waals surface area contributed by atoms with Gasteiger partial charge in [-0.3, -0.25) is 9.59 Å². The normalized spacial score (nSPS) is 11.6. The van der Waals surface area contributed by atoms with Gasteiger partial charge in [-0.2, -0.15) is 5.10 Å². The van der Waals surface area contributed by atoms with Crippen LogP contribution in [0.4, 0.5) is 0 Å². The number of aromatic nitrogens is 2. The molecule has 0 aliphatic heterocycles. The van der Waals surface area contributed by atoms with Crippen molar-refractivity contribution in [2.75, 3.05) is 0 Å². The molecule has 34 heavy (non-hydrogen) atoms. The first-order valence-electron chi connectivity index (χ1n) is 11.3. The van der Waals surface area contributed by atoms with Crippen LogP contribution in [0.25, 0.3) is 5.69 Å². The second kappa shape index (κ2) is 10.6. The fraction of sp³-hybridized carbons (Fsp3) is 0.179. The molecule has 3 aromatic carbocycles. The summed E-state index contributed by atoms with van der Waals surface area (Å²) < 4.78 is 1.88. The standard InChI is InChI=1S/C28H28N4O2/c1-20-25(21(2)32(31-20)24-16-10-5-11-17-24)19-29-28(34)26(18-22-12-6-3-7-13-22)30-27(33)23-14-8-4-9-15-23/h3-17,26H,18-19H2,1-2H3,(H,29,34)(H,30,33). The molecule has 0 saturated heterocycles. The van der Waals surface area contributed by atoms with Crippen molar-refractivity contribution in [3.63, 3.8) is 0 Å². The molecule has 6 heteroatoms. The Hall–Kier alpha value is -4.19. The zero-order valence-corrected chi connectivity index (χ0v) is 19.4. The maximum atomic E-state index is 13.2. The first-order valence-corrected chi connectivity index (χ1v) is 11.3. The van der Waals surface area contributed by atoms with Crippen LogP contribution in [0.15, 0.2) is 91.0 Å². The Balaban J connectivity index is 1.50. The summed E-state index contributed by atoms with van der Waals surface area (Å²) in [4.78, 5) is 26.0. The SMILES string of the molecule is Cc1nn(-c2ccccc2)c(C)c1CNC(=O)C(Cc1ccccc1)NC(=O)c1ccccc1. The molecule has 172 valence electrons. The number of nitrogens with one attached hydrogen (secondary N) is 2. The van der Waals surface area contributed by atoms with Gasteiger partial charge in [0.15, 0.2) is 0 Å². The molecular formula is C28H28N4O2. The zero-order chi connectivity index (χ0) is 23.9. The number of rotatable bonds is 8. The van der Waals surface area contributed by atoms with Gasteiger partial charge in [0.05, 0.1) is 11.4 Å². The number of amides is 2. The zero-order valence-electron chi connectivity index (χ0n) is 19.4. The predicted molar refractivity (Wildman–Crippen MR) is 133 cm³/mol. The van der Waals surface area contributed by atoms with Crippen molar-refractivity contribution in [1.29, 1.82) is 0 Å². The number of carbonyl (C=O) groups excluding carboxylic acids is 2. The van der Waals surface area contributed by atoms with Crippen LogP contribution in [0.1, 0.15) is 32.9 Å². The molecule has 6 nitrogen and oxygen atoms in total. The van der Waals surface area contributed by atoms with Gasteiger partial charge in [0.1, 0.15) is 6.04 Å². The van der Waals surface area contributed by atoms with Gasteiger partial charge in [0, 0.05) is 29.8 Å². The smallest absolute Gasteiger partial charge is 0.251 e. The van der Waals surface area contributed by atoms with Crippen LogP contribution in [0.2, 0.25) is 0 Å². The van der Waals surface area contributed by atoms with Crippen molar-refractivity contribution in [2.24, 2.45) is 0 Å². The molecule has 0 fully saturated rings. The minimum absolute atomic E-state index is 0.237. The van der Waals surface area contributed by atoms with E-state index >= 15 is 0 Å². The summed E-state index contributed by atoms with van der Waals surface area (Å²) in [5.74, 6) is -0.514. The van der Waals surface area contributed by atoms with E-state index in [1.165, 1.54) is 0 Å². The summed E-state index contributed by atoms with van der Waals surface area (Å²) in [5.41, 5.74) is 5.25. The molecule has 2 amide bonds. The van der Waals surface area contributed by atoms with E-state index < -0.39 is 6.04 Å². The topological polar surface area (TPSA) is 76.0 Å². The Morgan fingerprint density at radius 1 is 0.853 bits per heavy atom. The summed E-state index contributed by atoms with van der Waals surface area (Å²) in [7, 11) is 0. The monoisotopic (exact) mass is 452 g/mol. The number of aryl methyl sites for hydroxylation is 1. The van der Waals surface area contributed by atoms with Crippen LogP contribution in [-0.4, -0.2) is 27.6 Å². The van der Waals surface area contributed by atoms with Crippen LogP contribution in [0.5, 0.6) is 0 Å². The van der Waals surface area contributed by atoms with Gasteiger partial charge < -0.3 is 10.6 Å². The fourth-order valence-corrected chi connectivity index (χ4v) is 3.94. The van der Waals surface area contributed by atoms with Crippen molar-refractivity contribution in [2.45, 2.75) is 32.9 Å². The van der Waals surface area contributed by atoms with E-state index in [9.17, 15) is 9.59 Å². The quantitative estimate of drug-likeness (QED) is 0.422. The molecule has 1 unspecified atom stereocenters. The second-order valence-corrected chi connectivity index (χ2v) is 8.20. The largest absolute Gasteiger partial charge is 0.350 e. The lowest BCUT2D eigenvalue weighted by Crippen LogP contribution is -2.47. The highest BCUT2D eigenvalue weighted by atomic mass is 16.2.